The van der Waals surface area contributed by atoms with Crippen LogP contribution in [0, 0.1) is 16.7 Å². The Bertz CT molecular complexity index is 691. The van der Waals surface area contributed by atoms with Gasteiger partial charge in [-0.1, -0.05) is 33.6 Å². The third-order valence-corrected chi connectivity index (χ3v) is 5.66. The number of rotatable bonds is 4. The van der Waals surface area contributed by atoms with Crippen molar-refractivity contribution in [3.8, 4) is 6.07 Å². The summed E-state index contributed by atoms with van der Waals surface area (Å²) in [7, 11) is 0. The summed E-state index contributed by atoms with van der Waals surface area (Å²) in [5.74, 6) is 0.917. The number of nitriles is 1. The summed E-state index contributed by atoms with van der Waals surface area (Å²) in [5.41, 5.74) is 0.477. The molecule has 146 valence electrons. The Morgan fingerprint density at radius 3 is 2.52 bits per heavy atom. The zero-order valence-electron chi connectivity index (χ0n) is 16.7. The summed E-state index contributed by atoms with van der Waals surface area (Å²) >= 11 is 0. The molecular weight excluding hydrogens is 338 g/mol. The summed E-state index contributed by atoms with van der Waals surface area (Å²) in [4.78, 5) is 21.9. The van der Waals surface area contributed by atoms with E-state index in [0.29, 0.717) is 11.6 Å². The van der Waals surface area contributed by atoms with Crippen LogP contribution in [-0.2, 0) is 4.79 Å². The molecule has 1 aliphatic carbocycles. The third kappa shape index (κ3) is 4.59. The number of piperazine rings is 1. The average molecular weight is 370 g/mol. The highest BCUT2D eigenvalue weighted by Gasteiger charge is 2.39. The van der Waals surface area contributed by atoms with Crippen molar-refractivity contribution < 1.29 is 4.79 Å². The highest BCUT2D eigenvalue weighted by molar-refractivity contribution is 5.83. The topological polar surface area (TPSA) is 72.3 Å². The van der Waals surface area contributed by atoms with Crippen molar-refractivity contribution in [1.82, 2.24) is 15.2 Å². The molecule has 27 heavy (non-hydrogen) atoms. The molecule has 1 saturated heterocycles. The Balaban J connectivity index is 1.67. The highest BCUT2D eigenvalue weighted by Crippen LogP contribution is 2.28. The molecule has 1 aliphatic heterocycles. The molecule has 1 unspecified atom stereocenters. The van der Waals surface area contributed by atoms with Crippen LogP contribution in [0.15, 0.2) is 18.3 Å². The van der Waals surface area contributed by atoms with Crippen LogP contribution in [0.25, 0.3) is 0 Å². The minimum absolute atomic E-state index is 0.131. The molecule has 1 saturated carbocycles. The van der Waals surface area contributed by atoms with E-state index in [1.54, 1.807) is 12.3 Å². The van der Waals surface area contributed by atoms with Gasteiger partial charge in [-0.15, -0.1) is 0 Å². The summed E-state index contributed by atoms with van der Waals surface area (Å²) in [5, 5.41) is 12.6. The van der Waals surface area contributed by atoms with Gasteiger partial charge in [0.15, 0.2) is 0 Å². The monoisotopic (exact) mass is 369 g/mol. The fourth-order valence-corrected chi connectivity index (χ4v) is 4.39. The van der Waals surface area contributed by atoms with Gasteiger partial charge in [-0.05, 0) is 30.4 Å². The number of anilines is 1. The van der Waals surface area contributed by atoms with Crippen LogP contribution in [0.1, 0.15) is 52.0 Å². The molecule has 0 aromatic carbocycles. The molecule has 2 aliphatic rings. The lowest BCUT2D eigenvalue weighted by molar-refractivity contribution is -0.131. The summed E-state index contributed by atoms with van der Waals surface area (Å²) in [6.07, 6.45) is 6.37. The Labute approximate surface area is 162 Å². The van der Waals surface area contributed by atoms with E-state index in [9.17, 15) is 10.1 Å². The molecule has 0 spiro atoms. The molecule has 1 aromatic heterocycles. The first kappa shape index (κ1) is 19.6. The number of nitrogens with one attached hydrogen (secondary N) is 1. The first-order chi connectivity index (χ1) is 12.9. The van der Waals surface area contributed by atoms with Gasteiger partial charge >= 0.3 is 0 Å². The second-order valence-electron chi connectivity index (χ2n) is 8.77. The smallest absolute Gasteiger partial charge is 0.238 e. The largest absolute Gasteiger partial charge is 0.353 e. The van der Waals surface area contributed by atoms with Crippen LogP contribution in [0.5, 0.6) is 0 Å². The fraction of sp³-hybridized carbons (Fsp3) is 0.667. The number of hydrogen-bond acceptors (Lipinski definition) is 5. The van der Waals surface area contributed by atoms with E-state index in [4.69, 9.17) is 0 Å². The molecule has 2 fully saturated rings. The predicted molar refractivity (Wildman–Crippen MR) is 106 cm³/mol. The lowest BCUT2D eigenvalue weighted by Crippen LogP contribution is -2.60. The van der Waals surface area contributed by atoms with Gasteiger partial charge in [0.25, 0.3) is 0 Å². The van der Waals surface area contributed by atoms with Crippen LogP contribution >= 0.6 is 0 Å². The van der Waals surface area contributed by atoms with Crippen LogP contribution in [0.4, 0.5) is 5.82 Å². The Morgan fingerprint density at radius 1 is 1.26 bits per heavy atom. The van der Waals surface area contributed by atoms with Crippen molar-refractivity contribution in [2.75, 3.05) is 31.1 Å². The van der Waals surface area contributed by atoms with Gasteiger partial charge in [0.2, 0.25) is 5.91 Å². The second-order valence-corrected chi connectivity index (χ2v) is 8.77. The van der Waals surface area contributed by atoms with Crippen molar-refractivity contribution in [3.05, 3.63) is 23.9 Å². The maximum Gasteiger partial charge on any atom is 0.238 e. The lowest BCUT2D eigenvalue weighted by atomic mass is 9.84. The average Bonchev–Trinajstić information content (AvgIpc) is 3.14. The standard InChI is InChI=1S/C21H31N5O/c1-21(2,3)18(20(27)24-17-8-4-5-9-17)25-11-13-26(14-12-25)19-16(15-22)7-6-10-23-19/h6-7,10,17-18H,4-5,8-9,11-14H2,1-3H3,(H,24,27). The number of carbonyl (C=O) groups is 1. The SMILES string of the molecule is CC(C)(C)C(C(=O)NC1CCCC1)N1CCN(c2ncccc2C#N)CC1. The zero-order chi connectivity index (χ0) is 19.4. The molecule has 1 atom stereocenters. The Morgan fingerprint density at radius 2 is 1.93 bits per heavy atom. The number of pyridine rings is 1. The van der Waals surface area contributed by atoms with E-state index in [1.807, 2.05) is 6.07 Å². The maximum absolute atomic E-state index is 13.1. The van der Waals surface area contributed by atoms with E-state index < -0.39 is 0 Å². The fourth-order valence-electron chi connectivity index (χ4n) is 4.39. The summed E-state index contributed by atoms with van der Waals surface area (Å²) in [6, 6.07) is 6.03. The van der Waals surface area contributed by atoms with Gasteiger partial charge in [-0.25, -0.2) is 4.98 Å². The zero-order valence-corrected chi connectivity index (χ0v) is 16.7. The number of nitrogens with zero attached hydrogens (tertiary/aromatic N) is 4. The van der Waals surface area contributed by atoms with Gasteiger partial charge in [0.1, 0.15) is 11.9 Å². The molecule has 0 radical (unpaired) electrons. The molecular formula is C21H31N5O. The minimum atomic E-state index is -0.139. The summed E-state index contributed by atoms with van der Waals surface area (Å²) < 4.78 is 0. The number of aromatic nitrogens is 1. The second kappa shape index (κ2) is 8.26. The van der Waals surface area contributed by atoms with Gasteiger partial charge in [0.05, 0.1) is 11.6 Å². The Hall–Kier alpha value is -2.13. The highest BCUT2D eigenvalue weighted by atomic mass is 16.2. The molecule has 6 heteroatoms. The van der Waals surface area contributed by atoms with E-state index in [-0.39, 0.29) is 17.4 Å². The molecule has 1 aromatic rings. The Kier molecular flexibility index (Phi) is 6.01. The maximum atomic E-state index is 13.1. The number of hydrogen-bond donors (Lipinski definition) is 1. The molecule has 6 nitrogen and oxygen atoms in total. The first-order valence-electron chi connectivity index (χ1n) is 10.0. The molecule has 3 rings (SSSR count). The van der Waals surface area contributed by atoms with Gasteiger partial charge < -0.3 is 10.2 Å². The van der Waals surface area contributed by atoms with Crippen molar-refractivity contribution in [3.63, 3.8) is 0 Å². The lowest BCUT2D eigenvalue weighted by Gasteiger charge is -2.44. The number of carbonyl (C=O) groups excluding carboxylic acids is 1. The van der Waals surface area contributed by atoms with Gasteiger partial charge in [-0.2, -0.15) is 5.26 Å². The normalized spacial score (nSPS) is 20.3. The molecule has 2 heterocycles. The molecule has 1 amide bonds. The van der Waals surface area contributed by atoms with Crippen molar-refractivity contribution in [1.29, 1.82) is 5.26 Å². The van der Waals surface area contributed by atoms with E-state index in [0.717, 1.165) is 44.8 Å². The molecule has 1 N–H and O–H groups in total. The van der Waals surface area contributed by atoms with Crippen molar-refractivity contribution in [2.24, 2.45) is 5.41 Å². The third-order valence-electron chi connectivity index (χ3n) is 5.66. The van der Waals surface area contributed by atoms with Crippen LogP contribution in [-0.4, -0.2) is 54.1 Å². The van der Waals surface area contributed by atoms with Crippen molar-refractivity contribution in [2.45, 2.75) is 58.5 Å². The molecule has 0 bridgehead atoms. The van der Waals surface area contributed by atoms with Crippen LogP contribution in [0.3, 0.4) is 0 Å². The van der Waals surface area contributed by atoms with Crippen LogP contribution < -0.4 is 10.2 Å². The minimum Gasteiger partial charge on any atom is -0.353 e. The van der Waals surface area contributed by atoms with Crippen molar-refractivity contribution >= 4 is 11.7 Å². The van der Waals surface area contributed by atoms with E-state index >= 15 is 0 Å². The van der Waals surface area contributed by atoms with E-state index in [2.05, 4.69) is 46.9 Å². The summed E-state index contributed by atoms with van der Waals surface area (Å²) in [6.45, 7) is 9.56. The quantitative estimate of drug-likeness (QED) is 0.883. The number of amides is 1. The predicted octanol–water partition coefficient (Wildman–Crippen LogP) is 2.55. The van der Waals surface area contributed by atoms with Gasteiger partial charge in [0, 0.05) is 38.4 Å². The van der Waals surface area contributed by atoms with Crippen LogP contribution in [0.2, 0.25) is 0 Å². The van der Waals surface area contributed by atoms with Gasteiger partial charge in [-0.3, -0.25) is 9.69 Å². The first-order valence-corrected chi connectivity index (χ1v) is 10.0. The van der Waals surface area contributed by atoms with E-state index in [1.165, 1.54) is 12.8 Å².